The van der Waals surface area contributed by atoms with Crippen molar-refractivity contribution in [3.8, 4) is 22.4 Å². The van der Waals surface area contributed by atoms with Gasteiger partial charge >= 0.3 is 0 Å². The van der Waals surface area contributed by atoms with Gasteiger partial charge in [-0.25, -0.2) is 4.98 Å². The molecule has 0 spiro atoms. The maximum absolute atomic E-state index is 13.5. The molecule has 1 unspecified atom stereocenters. The minimum atomic E-state index is -0.123. The van der Waals surface area contributed by atoms with E-state index in [0.29, 0.717) is 34.3 Å². The molecule has 5 rings (SSSR count). The summed E-state index contributed by atoms with van der Waals surface area (Å²) in [6.07, 6.45) is 5.73. The van der Waals surface area contributed by atoms with Gasteiger partial charge in [-0.3, -0.25) is 14.3 Å². The van der Waals surface area contributed by atoms with E-state index in [9.17, 15) is 4.79 Å². The summed E-state index contributed by atoms with van der Waals surface area (Å²) in [6, 6.07) is 11.8. The minimum absolute atomic E-state index is 0.123. The summed E-state index contributed by atoms with van der Waals surface area (Å²) < 4.78 is 1.68. The highest BCUT2D eigenvalue weighted by Gasteiger charge is 2.18. The first kappa shape index (κ1) is 22.5. The lowest BCUT2D eigenvalue weighted by molar-refractivity contribution is 0.478. The Morgan fingerprint density at radius 2 is 2.09 bits per heavy atom. The summed E-state index contributed by atoms with van der Waals surface area (Å²) in [5.41, 5.74) is 4.57. The van der Waals surface area contributed by atoms with E-state index in [1.54, 1.807) is 17.0 Å². The molecule has 1 aliphatic heterocycles. The molecule has 3 aromatic heterocycles. The molecule has 7 nitrogen and oxygen atoms in total. The number of nitrogens with zero attached hydrogens (tertiary/aromatic N) is 4. The average Bonchev–Trinajstić information content (AvgIpc) is 2.85. The van der Waals surface area contributed by atoms with Gasteiger partial charge in [0.05, 0.1) is 5.69 Å². The molecular weight excluding hydrogens is 448 g/mol. The van der Waals surface area contributed by atoms with Gasteiger partial charge in [0.1, 0.15) is 5.65 Å². The molecule has 1 atom stereocenters. The van der Waals surface area contributed by atoms with Gasteiger partial charge in [-0.15, -0.1) is 0 Å². The van der Waals surface area contributed by atoms with Crippen molar-refractivity contribution in [1.29, 1.82) is 0 Å². The van der Waals surface area contributed by atoms with Crippen LogP contribution in [0.25, 0.3) is 33.4 Å². The fraction of sp³-hybridized carbons (Fsp3) is 0.308. The van der Waals surface area contributed by atoms with Gasteiger partial charge in [-0.1, -0.05) is 29.8 Å². The standard InChI is InChI=1S/C26H27ClN6O/c1-3-33-24-18(14-30-26(32-24)31-19-7-5-10-28-15-19)12-21(25(33)34)20-9-8-17(13-22(20)27)23-16(2)6-4-11-29-23/h4,6,8-9,11-14,19,28H,3,5,7,10,15H2,1-2H3,(H,30,31,32). The Morgan fingerprint density at radius 1 is 1.21 bits per heavy atom. The van der Waals surface area contributed by atoms with Crippen LogP contribution < -0.4 is 16.2 Å². The van der Waals surface area contributed by atoms with Crippen molar-refractivity contribution in [2.45, 2.75) is 39.3 Å². The third-order valence-corrected chi connectivity index (χ3v) is 6.63. The van der Waals surface area contributed by atoms with Gasteiger partial charge in [0.15, 0.2) is 0 Å². The van der Waals surface area contributed by atoms with Gasteiger partial charge in [0, 0.05) is 58.6 Å². The zero-order valence-electron chi connectivity index (χ0n) is 19.3. The number of fused-ring (bicyclic) bond motifs is 1. The van der Waals surface area contributed by atoms with Gasteiger partial charge < -0.3 is 10.6 Å². The monoisotopic (exact) mass is 474 g/mol. The molecular formula is C26H27ClN6O. The number of nitrogens with one attached hydrogen (secondary N) is 2. The number of piperidine rings is 1. The summed E-state index contributed by atoms with van der Waals surface area (Å²) in [6.45, 7) is 6.38. The molecule has 0 radical (unpaired) electrons. The Hall–Kier alpha value is -3.29. The summed E-state index contributed by atoms with van der Waals surface area (Å²) >= 11 is 6.70. The highest BCUT2D eigenvalue weighted by atomic mass is 35.5. The zero-order valence-corrected chi connectivity index (χ0v) is 20.1. The number of halogens is 1. The Kier molecular flexibility index (Phi) is 6.30. The highest BCUT2D eigenvalue weighted by molar-refractivity contribution is 6.33. The van der Waals surface area contributed by atoms with Crippen LogP contribution in [-0.4, -0.2) is 38.7 Å². The predicted molar refractivity (Wildman–Crippen MR) is 137 cm³/mol. The number of rotatable bonds is 5. The molecule has 1 aromatic carbocycles. The number of benzene rings is 1. The number of aromatic nitrogens is 4. The first-order valence-corrected chi connectivity index (χ1v) is 12.0. The highest BCUT2D eigenvalue weighted by Crippen LogP contribution is 2.32. The number of anilines is 1. The van der Waals surface area contributed by atoms with Gasteiger partial charge in [-0.05, 0) is 57.0 Å². The SMILES string of the molecule is CCn1c(=O)c(-c2ccc(-c3ncccc3C)cc2Cl)cc2cnc(NC3CCCNC3)nc21. The van der Waals surface area contributed by atoms with Crippen molar-refractivity contribution in [3.05, 3.63) is 69.7 Å². The number of pyridine rings is 2. The van der Waals surface area contributed by atoms with Crippen LogP contribution in [0.2, 0.25) is 5.02 Å². The van der Waals surface area contributed by atoms with Crippen molar-refractivity contribution >= 4 is 28.6 Å². The van der Waals surface area contributed by atoms with Crippen molar-refractivity contribution in [2.24, 2.45) is 0 Å². The largest absolute Gasteiger partial charge is 0.350 e. The van der Waals surface area contributed by atoms with Crippen molar-refractivity contribution < 1.29 is 0 Å². The maximum Gasteiger partial charge on any atom is 0.260 e. The Balaban J connectivity index is 1.55. The first-order valence-electron chi connectivity index (χ1n) is 11.6. The van der Waals surface area contributed by atoms with Crippen LogP contribution in [0, 0.1) is 6.92 Å². The van der Waals surface area contributed by atoms with Crippen LogP contribution in [0.15, 0.2) is 53.6 Å². The lowest BCUT2D eigenvalue weighted by atomic mass is 10.0. The molecule has 2 N–H and O–H groups in total. The second-order valence-corrected chi connectivity index (χ2v) is 9.04. The second-order valence-electron chi connectivity index (χ2n) is 8.63. The molecule has 0 amide bonds. The van der Waals surface area contributed by atoms with Crippen LogP contribution in [0.1, 0.15) is 25.3 Å². The molecule has 0 saturated carbocycles. The topological polar surface area (TPSA) is 84.7 Å². The normalized spacial score (nSPS) is 16.0. The molecule has 4 aromatic rings. The molecule has 0 aliphatic carbocycles. The van der Waals surface area contributed by atoms with E-state index in [-0.39, 0.29) is 11.6 Å². The van der Waals surface area contributed by atoms with E-state index >= 15 is 0 Å². The van der Waals surface area contributed by atoms with Crippen molar-refractivity contribution in [1.82, 2.24) is 24.8 Å². The fourth-order valence-corrected chi connectivity index (χ4v) is 4.82. The number of aryl methyl sites for hydroxylation is 2. The van der Waals surface area contributed by atoms with Crippen LogP contribution in [0.4, 0.5) is 5.95 Å². The van der Waals surface area contributed by atoms with Gasteiger partial charge in [0.2, 0.25) is 5.95 Å². The minimum Gasteiger partial charge on any atom is -0.350 e. The van der Waals surface area contributed by atoms with Crippen LogP contribution in [-0.2, 0) is 6.54 Å². The summed E-state index contributed by atoms with van der Waals surface area (Å²) in [5, 5.41) is 8.08. The first-order chi connectivity index (χ1) is 16.5. The second kappa shape index (κ2) is 9.52. The molecule has 34 heavy (non-hydrogen) atoms. The quantitative estimate of drug-likeness (QED) is 0.437. The number of hydrogen-bond acceptors (Lipinski definition) is 6. The summed E-state index contributed by atoms with van der Waals surface area (Å²) in [7, 11) is 0. The van der Waals surface area contributed by atoms with E-state index in [1.807, 2.05) is 50.2 Å². The lowest BCUT2D eigenvalue weighted by Gasteiger charge is -2.23. The molecule has 0 bridgehead atoms. The molecule has 1 saturated heterocycles. The maximum atomic E-state index is 13.5. The lowest BCUT2D eigenvalue weighted by Crippen LogP contribution is -2.38. The molecule has 1 fully saturated rings. The smallest absolute Gasteiger partial charge is 0.260 e. The zero-order chi connectivity index (χ0) is 23.7. The van der Waals surface area contributed by atoms with Crippen molar-refractivity contribution in [3.63, 3.8) is 0 Å². The van der Waals surface area contributed by atoms with E-state index in [0.717, 1.165) is 48.1 Å². The fourth-order valence-electron chi connectivity index (χ4n) is 4.54. The Labute approximate surface area is 203 Å². The van der Waals surface area contributed by atoms with Crippen LogP contribution in [0.5, 0.6) is 0 Å². The predicted octanol–water partition coefficient (Wildman–Crippen LogP) is 4.67. The van der Waals surface area contributed by atoms with Crippen LogP contribution >= 0.6 is 11.6 Å². The molecule has 4 heterocycles. The van der Waals surface area contributed by atoms with E-state index in [2.05, 4.69) is 20.6 Å². The summed E-state index contributed by atoms with van der Waals surface area (Å²) in [4.78, 5) is 27.2. The average molecular weight is 475 g/mol. The van der Waals surface area contributed by atoms with Crippen molar-refractivity contribution in [2.75, 3.05) is 18.4 Å². The molecule has 174 valence electrons. The Morgan fingerprint density at radius 3 is 2.82 bits per heavy atom. The molecule has 1 aliphatic rings. The third-order valence-electron chi connectivity index (χ3n) is 6.32. The summed E-state index contributed by atoms with van der Waals surface area (Å²) in [5.74, 6) is 0.545. The van der Waals surface area contributed by atoms with E-state index in [1.165, 1.54) is 0 Å². The molecule has 8 heteroatoms. The number of hydrogen-bond donors (Lipinski definition) is 2. The Bertz CT molecular complexity index is 1410. The van der Waals surface area contributed by atoms with Crippen LogP contribution in [0.3, 0.4) is 0 Å². The van der Waals surface area contributed by atoms with E-state index in [4.69, 9.17) is 16.6 Å². The van der Waals surface area contributed by atoms with E-state index < -0.39 is 0 Å². The van der Waals surface area contributed by atoms with Gasteiger partial charge in [0.25, 0.3) is 5.56 Å². The van der Waals surface area contributed by atoms with Gasteiger partial charge in [-0.2, -0.15) is 4.98 Å². The third kappa shape index (κ3) is 4.29.